The van der Waals surface area contributed by atoms with Crippen LogP contribution in [0.25, 0.3) is 0 Å². The van der Waals surface area contributed by atoms with Crippen molar-refractivity contribution in [1.82, 2.24) is 10.2 Å². The first kappa shape index (κ1) is 12.8. The first-order valence-electron chi connectivity index (χ1n) is 5.85. The molecule has 0 spiro atoms. The molecule has 1 rings (SSSR count). The van der Waals surface area contributed by atoms with Crippen LogP contribution < -0.4 is 5.32 Å². The van der Waals surface area contributed by atoms with E-state index in [1.54, 1.807) is 6.92 Å². The molecule has 0 radical (unpaired) electrons. The quantitative estimate of drug-likeness (QED) is 0.719. The minimum absolute atomic E-state index is 0.229. The number of amides is 2. The van der Waals surface area contributed by atoms with E-state index in [-0.39, 0.29) is 18.6 Å². The summed E-state index contributed by atoms with van der Waals surface area (Å²) in [6, 6.07) is 0.00352. The minimum atomic E-state index is -0.974. The summed E-state index contributed by atoms with van der Waals surface area (Å²) in [5.41, 5.74) is 0. The summed E-state index contributed by atoms with van der Waals surface area (Å²) < 4.78 is 0. The number of likely N-dealkylation sites (N-methyl/N-ethyl adjacent to an activating group) is 1. The predicted octanol–water partition coefficient (Wildman–Crippen LogP) is 1.29. The standard InChI is InChI=1S/C11H20N2O3/c1-3-5-8-6-9(8)12-11(16)13(4-2)7-10(14)15/h8-9H,3-7H2,1-2H3,(H,12,16)(H,14,15). The summed E-state index contributed by atoms with van der Waals surface area (Å²) in [7, 11) is 0. The summed E-state index contributed by atoms with van der Waals surface area (Å²) in [5, 5.41) is 11.5. The Kier molecular flexibility index (Phi) is 4.58. The third-order valence-corrected chi connectivity index (χ3v) is 2.89. The number of carbonyl (C=O) groups excluding carboxylic acids is 1. The van der Waals surface area contributed by atoms with Gasteiger partial charge in [0.15, 0.2) is 0 Å². The van der Waals surface area contributed by atoms with Crippen molar-refractivity contribution in [2.45, 2.75) is 39.2 Å². The number of carboxylic acid groups (broad SMARTS) is 1. The van der Waals surface area contributed by atoms with Gasteiger partial charge in [0, 0.05) is 12.6 Å². The van der Waals surface area contributed by atoms with Crippen LogP contribution in [0.3, 0.4) is 0 Å². The van der Waals surface area contributed by atoms with Crippen molar-refractivity contribution in [1.29, 1.82) is 0 Å². The minimum Gasteiger partial charge on any atom is -0.480 e. The topological polar surface area (TPSA) is 69.6 Å². The summed E-state index contributed by atoms with van der Waals surface area (Å²) in [6.45, 7) is 4.09. The molecular weight excluding hydrogens is 208 g/mol. The number of nitrogens with one attached hydrogen (secondary N) is 1. The first-order chi connectivity index (χ1) is 7.58. The lowest BCUT2D eigenvalue weighted by Crippen LogP contribution is -2.43. The van der Waals surface area contributed by atoms with Crippen LogP contribution in [0.1, 0.15) is 33.1 Å². The third kappa shape index (κ3) is 3.72. The largest absolute Gasteiger partial charge is 0.480 e. The first-order valence-corrected chi connectivity index (χ1v) is 5.85. The molecule has 2 atom stereocenters. The van der Waals surface area contributed by atoms with Crippen LogP contribution >= 0.6 is 0 Å². The maximum Gasteiger partial charge on any atom is 0.323 e. The van der Waals surface area contributed by atoms with Crippen LogP contribution in [-0.4, -0.2) is 41.1 Å². The zero-order chi connectivity index (χ0) is 12.1. The van der Waals surface area contributed by atoms with Gasteiger partial charge in [-0.15, -0.1) is 0 Å². The van der Waals surface area contributed by atoms with E-state index in [0.717, 1.165) is 19.3 Å². The monoisotopic (exact) mass is 228 g/mol. The number of urea groups is 1. The fourth-order valence-electron chi connectivity index (χ4n) is 1.85. The molecule has 0 saturated heterocycles. The maximum absolute atomic E-state index is 11.7. The van der Waals surface area contributed by atoms with Crippen molar-refractivity contribution in [3.63, 3.8) is 0 Å². The molecule has 1 aliphatic carbocycles. The summed E-state index contributed by atoms with van der Waals surface area (Å²) in [4.78, 5) is 23.5. The van der Waals surface area contributed by atoms with E-state index in [1.807, 2.05) is 0 Å². The maximum atomic E-state index is 11.7. The van der Waals surface area contributed by atoms with Gasteiger partial charge in [-0.2, -0.15) is 0 Å². The highest BCUT2D eigenvalue weighted by atomic mass is 16.4. The lowest BCUT2D eigenvalue weighted by Gasteiger charge is -2.19. The highest BCUT2D eigenvalue weighted by molar-refractivity contribution is 5.80. The van der Waals surface area contributed by atoms with E-state index >= 15 is 0 Å². The third-order valence-electron chi connectivity index (χ3n) is 2.89. The Morgan fingerprint density at radius 1 is 1.44 bits per heavy atom. The fraction of sp³-hybridized carbons (Fsp3) is 0.818. The Morgan fingerprint density at radius 2 is 2.12 bits per heavy atom. The van der Waals surface area contributed by atoms with Crippen molar-refractivity contribution in [3.05, 3.63) is 0 Å². The SMILES string of the molecule is CCCC1CC1NC(=O)N(CC)CC(=O)O. The second-order valence-electron chi connectivity index (χ2n) is 4.25. The average molecular weight is 228 g/mol. The predicted molar refractivity (Wildman–Crippen MR) is 60.2 cm³/mol. The van der Waals surface area contributed by atoms with Gasteiger partial charge in [0.1, 0.15) is 6.54 Å². The Hall–Kier alpha value is -1.26. The van der Waals surface area contributed by atoms with Crippen LogP contribution in [0.4, 0.5) is 4.79 Å². The van der Waals surface area contributed by atoms with Crippen molar-refractivity contribution >= 4 is 12.0 Å². The Morgan fingerprint density at radius 3 is 2.62 bits per heavy atom. The average Bonchev–Trinajstić information content (AvgIpc) is 2.93. The van der Waals surface area contributed by atoms with Gasteiger partial charge in [-0.25, -0.2) is 4.79 Å². The van der Waals surface area contributed by atoms with E-state index in [4.69, 9.17) is 5.11 Å². The molecule has 0 aromatic carbocycles. The molecule has 2 N–H and O–H groups in total. The molecule has 5 nitrogen and oxygen atoms in total. The van der Waals surface area contributed by atoms with Crippen LogP contribution in [0.2, 0.25) is 0 Å². The van der Waals surface area contributed by atoms with Gasteiger partial charge in [-0.1, -0.05) is 13.3 Å². The Bertz CT molecular complexity index is 268. The molecule has 0 heterocycles. The van der Waals surface area contributed by atoms with Crippen molar-refractivity contribution in [3.8, 4) is 0 Å². The normalized spacial score (nSPS) is 22.6. The van der Waals surface area contributed by atoms with Gasteiger partial charge in [-0.3, -0.25) is 4.79 Å². The van der Waals surface area contributed by atoms with Crippen LogP contribution in [0.5, 0.6) is 0 Å². The van der Waals surface area contributed by atoms with Crippen molar-refractivity contribution < 1.29 is 14.7 Å². The van der Waals surface area contributed by atoms with Crippen LogP contribution in [-0.2, 0) is 4.79 Å². The van der Waals surface area contributed by atoms with E-state index in [2.05, 4.69) is 12.2 Å². The lowest BCUT2D eigenvalue weighted by atomic mass is 10.2. The van der Waals surface area contributed by atoms with Gasteiger partial charge in [0.25, 0.3) is 0 Å². The lowest BCUT2D eigenvalue weighted by molar-refractivity contribution is -0.137. The number of rotatable bonds is 6. The molecule has 5 heteroatoms. The van der Waals surface area contributed by atoms with Crippen molar-refractivity contribution in [2.75, 3.05) is 13.1 Å². The molecule has 1 aliphatic rings. The number of aliphatic carboxylic acids is 1. The fourth-order valence-corrected chi connectivity index (χ4v) is 1.85. The van der Waals surface area contributed by atoms with E-state index in [0.29, 0.717) is 12.5 Å². The van der Waals surface area contributed by atoms with Crippen LogP contribution in [0, 0.1) is 5.92 Å². The molecule has 1 saturated carbocycles. The van der Waals surface area contributed by atoms with Gasteiger partial charge in [-0.05, 0) is 25.7 Å². The number of hydrogen-bond donors (Lipinski definition) is 2. The zero-order valence-corrected chi connectivity index (χ0v) is 9.90. The number of nitrogens with zero attached hydrogens (tertiary/aromatic N) is 1. The van der Waals surface area contributed by atoms with E-state index in [1.165, 1.54) is 4.90 Å². The van der Waals surface area contributed by atoms with Crippen LogP contribution in [0.15, 0.2) is 0 Å². The van der Waals surface area contributed by atoms with Gasteiger partial charge >= 0.3 is 12.0 Å². The van der Waals surface area contributed by atoms with E-state index in [9.17, 15) is 9.59 Å². The molecule has 0 aromatic rings. The smallest absolute Gasteiger partial charge is 0.323 e. The molecule has 0 aromatic heterocycles. The Labute approximate surface area is 95.8 Å². The molecule has 92 valence electrons. The summed E-state index contributed by atoms with van der Waals surface area (Å²) in [5.74, 6) is -0.379. The molecule has 0 aliphatic heterocycles. The zero-order valence-electron chi connectivity index (χ0n) is 9.90. The van der Waals surface area contributed by atoms with E-state index < -0.39 is 5.97 Å². The van der Waals surface area contributed by atoms with Gasteiger partial charge in [0.05, 0.1) is 0 Å². The second-order valence-corrected chi connectivity index (χ2v) is 4.25. The highest BCUT2D eigenvalue weighted by Gasteiger charge is 2.37. The molecule has 2 amide bonds. The van der Waals surface area contributed by atoms with Gasteiger partial charge in [0.2, 0.25) is 0 Å². The molecule has 2 unspecified atom stereocenters. The number of carbonyl (C=O) groups is 2. The molecule has 0 bridgehead atoms. The molecule has 1 fully saturated rings. The summed E-state index contributed by atoms with van der Waals surface area (Å²) >= 11 is 0. The number of hydrogen-bond acceptors (Lipinski definition) is 2. The molecular formula is C11H20N2O3. The highest BCUT2D eigenvalue weighted by Crippen LogP contribution is 2.34. The van der Waals surface area contributed by atoms with Crippen molar-refractivity contribution in [2.24, 2.45) is 5.92 Å². The summed E-state index contributed by atoms with van der Waals surface area (Å²) in [6.07, 6.45) is 3.30. The second kappa shape index (κ2) is 5.72. The molecule has 16 heavy (non-hydrogen) atoms. The van der Waals surface area contributed by atoms with Gasteiger partial charge < -0.3 is 15.3 Å². The Balaban J connectivity index is 2.31. The number of carboxylic acids is 1.